The third kappa shape index (κ3) is 4.12. The van der Waals surface area contributed by atoms with Crippen molar-refractivity contribution >= 4 is 20.9 Å². The van der Waals surface area contributed by atoms with Crippen LogP contribution in [0.2, 0.25) is 0 Å². The minimum absolute atomic E-state index is 0.146. The van der Waals surface area contributed by atoms with Crippen molar-refractivity contribution in [2.45, 2.75) is 18.2 Å². The van der Waals surface area contributed by atoms with Crippen LogP contribution < -0.4 is 9.47 Å². The maximum atomic E-state index is 13.4. The number of benzene rings is 3. The topological polar surface area (TPSA) is 109 Å². The van der Waals surface area contributed by atoms with Crippen LogP contribution in [0.25, 0.3) is 22.4 Å². The Hall–Kier alpha value is -4.18. The predicted molar refractivity (Wildman–Crippen MR) is 129 cm³/mol. The molecule has 5 aromatic rings. The fourth-order valence-electron chi connectivity index (χ4n) is 3.79. The van der Waals surface area contributed by atoms with Gasteiger partial charge in [0.25, 0.3) is 15.9 Å². The standard InChI is InChI=1S/C25H22N4O5S/c1-16-8-11-18(12-9-16)35(30,31)29-22-13-10-17(32-2)14-20(22)21(27-29)15-24-26-25(34-28-24)19-6-4-5-7-23(19)33-3/h4-14H,15H2,1-3H3. The molecule has 9 nitrogen and oxygen atoms in total. The Labute approximate surface area is 202 Å². The predicted octanol–water partition coefficient (Wildman–Crippen LogP) is 4.24. The monoisotopic (exact) mass is 490 g/mol. The fraction of sp³-hybridized carbons (Fsp3) is 0.160. The number of fused-ring (bicyclic) bond motifs is 1. The number of para-hydroxylation sites is 1. The molecule has 0 bridgehead atoms. The van der Waals surface area contributed by atoms with Crippen molar-refractivity contribution in [3.8, 4) is 23.0 Å². The van der Waals surface area contributed by atoms with Gasteiger partial charge in [0.2, 0.25) is 0 Å². The molecule has 2 heterocycles. The molecule has 0 saturated heterocycles. The number of hydrogen-bond acceptors (Lipinski definition) is 8. The molecule has 35 heavy (non-hydrogen) atoms. The summed E-state index contributed by atoms with van der Waals surface area (Å²) >= 11 is 0. The Morgan fingerprint density at radius 3 is 2.49 bits per heavy atom. The highest BCUT2D eigenvalue weighted by Crippen LogP contribution is 2.30. The van der Waals surface area contributed by atoms with Gasteiger partial charge in [-0.15, -0.1) is 0 Å². The van der Waals surface area contributed by atoms with Gasteiger partial charge in [-0.2, -0.15) is 22.6 Å². The van der Waals surface area contributed by atoms with Crippen molar-refractivity contribution in [2.75, 3.05) is 14.2 Å². The summed E-state index contributed by atoms with van der Waals surface area (Å²) in [6, 6.07) is 19.1. The molecule has 5 rings (SSSR count). The van der Waals surface area contributed by atoms with Crippen molar-refractivity contribution in [2.24, 2.45) is 0 Å². The second-order valence-corrected chi connectivity index (χ2v) is 9.65. The molecule has 0 N–H and O–H groups in total. The molecule has 0 aliphatic carbocycles. The van der Waals surface area contributed by atoms with Gasteiger partial charge in [-0.3, -0.25) is 0 Å². The van der Waals surface area contributed by atoms with E-state index in [1.165, 1.54) is 0 Å². The lowest BCUT2D eigenvalue weighted by atomic mass is 10.1. The Morgan fingerprint density at radius 1 is 0.971 bits per heavy atom. The summed E-state index contributed by atoms with van der Waals surface area (Å²) < 4.78 is 44.1. The average molecular weight is 491 g/mol. The average Bonchev–Trinajstić information content (AvgIpc) is 3.49. The first-order valence-corrected chi connectivity index (χ1v) is 12.2. The van der Waals surface area contributed by atoms with E-state index in [9.17, 15) is 8.42 Å². The lowest BCUT2D eigenvalue weighted by Gasteiger charge is -2.06. The number of rotatable bonds is 7. The van der Waals surface area contributed by atoms with Gasteiger partial charge >= 0.3 is 0 Å². The van der Waals surface area contributed by atoms with Crippen molar-refractivity contribution in [3.63, 3.8) is 0 Å². The zero-order valence-electron chi connectivity index (χ0n) is 19.3. The molecule has 178 valence electrons. The molecule has 0 spiro atoms. The molecule has 0 aliphatic heterocycles. The maximum absolute atomic E-state index is 13.4. The summed E-state index contributed by atoms with van der Waals surface area (Å²) in [6.45, 7) is 1.90. The number of methoxy groups -OCH3 is 2. The summed E-state index contributed by atoms with van der Waals surface area (Å²) in [6.07, 6.45) is 0.152. The number of aromatic nitrogens is 4. The second kappa shape index (κ2) is 8.88. The molecular weight excluding hydrogens is 468 g/mol. The third-order valence-electron chi connectivity index (χ3n) is 5.61. The first-order valence-electron chi connectivity index (χ1n) is 10.7. The van der Waals surface area contributed by atoms with Crippen molar-refractivity contribution in [1.29, 1.82) is 0 Å². The van der Waals surface area contributed by atoms with E-state index >= 15 is 0 Å². The largest absolute Gasteiger partial charge is 0.497 e. The highest BCUT2D eigenvalue weighted by molar-refractivity contribution is 7.90. The van der Waals surface area contributed by atoms with E-state index in [4.69, 9.17) is 14.0 Å². The highest BCUT2D eigenvalue weighted by Gasteiger charge is 2.24. The Bertz CT molecular complexity index is 1620. The van der Waals surface area contributed by atoms with Crippen LogP contribution in [0.1, 0.15) is 17.1 Å². The van der Waals surface area contributed by atoms with Crippen LogP contribution >= 0.6 is 0 Å². The first-order chi connectivity index (χ1) is 16.9. The molecule has 0 amide bonds. The van der Waals surface area contributed by atoms with Crippen LogP contribution in [0.3, 0.4) is 0 Å². The van der Waals surface area contributed by atoms with Gasteiger partial charge in [-0.25, -0.2) is 0 Å². The van der Waals surface area contributed by atoms with Crippen LogP contribution in [0.4, 0.5) is 0 Å². The zero-order valence-corrected chi connectivity index (χ0v) is 20.1. The normalized spacial score (nSPS) is 11.6. The Kier molecular flexibility index (Phi) is 5.73. The lowest BCUT2D eigenvalue weighted by molar-refractivity contribution is 0.403. The molecule has 2 aromatic heterocycles. The van der Waals surface area contributed by atoms with Crippen LogP contribution in [0, 0.1) is 6.92 Å². The highest BCUT2D eigenvalue weighted by atomic mass is 32.2. The molecule has 0 aliphatic rings. The number of ether oxygens (including phenoxy) is 2. The summed E-state index contributed by atoms with van der Waals surface area (Å²) in [5.41, 5.74) is 2.52. The Morgan fingerprint density at radius 2 is 1.74 bits per heavy atom. The molecule has 3 aromatic carbocycles. The van der Waals surface area contributed by atoms with Crippen molar-refractivity contribution in [1.82, 2.24) is 19.3 Å². The summed E-state index contributed by atoms with van der Waals surface area (Å²) in [4.78, 5) is 4.63. The molecule has 0 atom stereocenters. The van der Waals surface area contributed by atoms with Gasteiger partial charge in [-0.05, 0) is 49.4 Å². The minimum atomic E-state index is -3.94. The lowest BCUT2D eigenvalue weighted by Crippen LogP contribution is -2.15. The molecule has 0 fully saturated rings. The van der Waals surface area contributed by atoms with E-state index in [2.05, 4.69) is 15.2 Å². The number of hydrogen-bond donors (Lipinski definition) is 0. The van der Waals surface area contributed by atoms with E-state index < -0.39 is 10.0 Å². The zero-order chi connectivity index (χ0) is 24.6. The second-order valence-electron chi connectivity index (χ2n) is 7.88. The van der Waals surface area contributed by atoms with E-state index in [0.29, 0.717) is 45.4 Å². The van der Waals surface area contributed by atoms with Gasteiger partial charge in [0.05, 0.1) is 42.3 Å². The summed E-state index contributed by atoms with van der Waals surface area (Å²) in [5, 5.41) is 9.17. The molecule has 10 heteroatoms. The van der Waals surface area contributed by atoms with Gasteiger partial charge in [0, 0.05) is 5.39 Å². The van der Waals surface area contributed by atoms with Gasteiger partial charge in [0.15, 0.2) is 5.82 Å². The van der Waals surface area contributed by atoms with E-state index in [1.54, 1.807) is 62.8 Å². The van der Waals surface area contributed by atoms with Gasteiger partial charge < -0.3 is 14.0 Å². The van der Waals surface area contributed by atoms with Crippen LogP contribution in [-0.2, 0) is 16.4 Å². The Balaban J connectivity index is 1.58. The summed E-state index contributed by atoms with van der Waals surface area (Å²) in [7, 11) is -0.821. The quantitative estimate of drug-likeness (QED) is 0.333. The van der Waals surface area contributed by atoms with E-state index in [1.807, 2.05) is 25.1 Å². The minimum Gasteiger partial charge on any atom is -0.497 e. The molecular formula is C25H22N4O5S. The maximum Gasteiger partial charge on any atom is 0.283 e. The SMILES string of the molecule is COc1ccc2c(c1)c(Cc1noc(-c3ccccc3OC)n1)nn2S(=O)(=O)c1ccc(C)cc1. The molecule has 0 unspecified atom stereocenters. The van der Waals surface area contributed by atoms with Crippen LogP contribution in [-0.4, -0.2) is 42.0 Å². The van der Waals surface area contributed by atoms with E-state index in [0.717, 1.165) is 9.65 Å². The van der Waals surface area contributed by atoms with Gasteiger partial charge in [-0.1, -0.05) is 35.0 Å². The van der Waals surface area contributed by atoms with Crippen LogP contribution in [0.15, 0.2) is 76.1 Å². The first kappa shape index (κ1) is 22.6. The van der Waals surface area contributed by atoms with Crippen LogP contribution in [0.5, 0.6) is 11.5 Å². The number of aryl methyl sites for hydroxylation is 1. The smallest absolute Gasteiger partial charge is 0.283 e. The molecule has 0 radical (unpaired) electrons. The third-order valence-corrected chi connectivity index (χ3v) is 7.21. The van der Waals surface area contributed by atoms with E-state index in [-0.39, 0.29) is 11.3 Å². The van der Waals surface area contributed by atoms with Crippen molar-refractivity contribution in [3.05, 3.63) is 83.8 Å². The molecule has 0 saturated carbocycles. The van der Waals surface area contributed by atoms with Gasteiger partial charge in [0.1, 0.15) is 11.5 Å². The fourth-order valence-corrected chi connectivity index (χ4v) is 5.09. The van der Waals surface area contributed by atoms with Crippen molar-refractivity contribution < 1.29 is 22.4 Å². The number of nitrogens with zero attached hydrogens (tertiary/aromatic N) is 4. The summed E-state index contributed by atoms with van der Waals surface area (Å²) in [5.74, 6) is 1.83.